The Morgan fingerprint density at radius 3 is 2.84 bits per heavy atom. The molecular formula is C26H30FN3O2. The fraction of sp³-hybridized carbons (Fsp3) is 0.346. The Balaban J connectivity index is 1.32. The van der Waals surface area contributed by atoms with Crippen molar-refractivity contribution in [3.8, 4) is 5.75 Å². The molecule has 2 heterocycles. The molecule has 3 aromatic rings. The quantitative estimate of drug-likeness (QED) is 0.516. The molecule has 0 spiro atoms. The van der Waals surface area contributed by atoms with E-state index in [9.17, 15) is 4.39 Å². The van der Waals surface area contributed by atoms with Gasteiger partial charge in [0.15, 0.2) is 0 Å². The Labute approximate surface area is 189 Å². The van der Waals surface area contributed by atoms with Crippen molar-refractivity contribution in [2.75, 3.05) is 32.8 Å². The topological polar surface area (TPSA) is 39.5 Å². The zero-order chi connectivity index (χ0) is 22.3. The number of halogens is 1. The summed E-state index contributed by atoms with van der Waals surface area (Å²) in [5.74, 6) is 0.246. The summed E-state index contributed by atoms with van der Waals surface area (Å²) in [4.78, 5) is 2.42. The molecule has 1 fully saturated rings. The molecule has 0 aliphatic carbocycles. The summed E-state index contributed by atoms with van der Waals surface area (Å²) in [7, 11) is 1.94. The van der Waals surface area contributed by atoms with Crippen LogP contribution < -0.4 is 4.74 Å². The predicted octanol–water partition coefficient (Wildman–Crippen LogP) is 4.66. The highest BCUT2D eigenvalue weighted by atomic mass is 19.1. The van der Waals surface area contributed by atoms with E-state index in [1.807, 2.05) is 17.8 Å². The molecule has 6 heteroatoms. The first kappa shape index (κ1) is 22.2. The summed E-state index contributed by atoms with van der Waals surface area (Å²) >= 11 is 0. The Kier molecular flexibility index (Phi) is 7.35. The van der Waals surface area contributed by atoms with E-state index in [-0.39, 0.29) is 11.9 Å². The summed E-state index contributed by atoms with van der Waals surface area (Å²) in [6.07, 6.45) is 2.88. The molecule has 1 atom stereocenters. The van der Waals surface area contributed by atoms with E-state index < -0.39 is 0 Å². The molecule has 5 nitrogen and oxygen atoms in total. The van der Waals surface area contributed by atoms with E-state index in [4.69, 9.17) is 14.6 Å². The van der Waals surface area contributed by atoms with Crippen LogP contribution in [0.4, 0.5) is 4.39 Å². The first-order valence-electron chi connectivity index (χ1n) is 11.0. The van der Waals surface area contributed by atoms with Crippen LogP contribution in [-0.4, -0.2) is 47.5 Å². The SMILES string of the molecule is C/C(=C\c1ccccc1)CN1CCO[C@H](c2cc(CCOc3cccc(F)c3)n(C)n2)C1. The van der Waals surface area contributed by atoms with Gasteiger partial charge in [0.2, 0.25) is 0 Å². The number of benzene rings is 2. The fourth-order valence-electron chi connectivity index (χ4n) is 4.01. The number of hydrogen-bond acceptors (Lipinski definition) is 4. The normalized spacial score (nSPS) is 17.5. The number of morpholine rings is 1. The van der Waals surface area contributed by atoms with Crippen LogP contribution in [0.15, 0.2) is 66.2 Å². The maximum atomic E-state index is 13.3. The molecule has 0 saturated carbocycles. The van der Waals surface area contributed by atoms with Crippen molar-refractivity contribution < 1.29 is 13.9 Å². The number of nitrogens with zero attached hydrogens (tertiary/aromatic N) is 3. The van der Waals surface area contributed by atoms with E-state index >= 15 is 0 Å². The summed E-state index contributed by atoms with van der Waals surface area (Å²) in [6.45, 7) is 5.97. The van der Waals surface area contributed by atoms with Crippen molar-refractivity contribution in [1.29, 1.82) is 0 Å². The third-order valence-corrected chi connectivity index (χ3v) is 5.58. The largest absolute Gasteiger partial charge is 0.493 e. The minimum absolute atomic E-state index is 0.0441. The Hall–Kier alpha value is -2.96. The standard InChI is InChI=1S/C26H30FN3O2/c1-20(15-21-7-4-3-5-8-21)18-30-12-14-32-26(19-30)25-17-23(29(2)28-25)11-13-31-24-10-6-9-22(27)16-24/h3-10,15-17,26H,11-14,18-19H2,1-2H3/b20-15+/t26-/m0/s1. The minimum Gasteiger partial charge on any atom is -0.493 e. The molecule has 1 aliphatic rings. The zero-order valence-electron chi connectivity index (χ0n) is 18.7. The number of ether oxygens (including phenoxy) is 2. The van der Waals surface area contributed by atoms with Crippen molar-refractivity contribution in [1.82, 2.24) is 14.7 Å². The van der Waals surface area contributed by atoms with E-state index in [2.05, 4.69) is 48.2 Å². The zero-order valence-corrected chi connectivity index (χ0v) is 18.7. The van der Waals surface area contributed by atoms with E-state index in [1.165, 1.54) is 23.3 Å². The molecule has 168 valence electrons. The van der Waals surface area contributed by atoms with Crippen molar-refractivity contribution in [3.63, 3.8) is 0 Å². The molecule has 0 bridgehead atoms. The second-order valence-corrected chi connectivity index (χ2v) is 8.24. The summed E-state index contributed by atoms with van der Waals surface area (Å²) in [6, 6.07) is 18.7. The average molecular weight is 436 g/mol. The maximum Gasteiger partial charge on any atom is 0.126 e. The highest BCUT2D eigenvalue weighted by Crippen LogP contribution is 2.23. The second kappa shape index (κ2) is 10.6. The lowest BCUT2D eigenvalue weighted by Crippen LogP contribution is -2.39. The fourth-order valence-corrected chi connectivity index (χ4v) is 4.01. The van der Waals surface area contributed by atoms with Crippen molar-refractivity contribution in [2.24, 2.45) is 7.05 Å². The second-order valence-electron chi connectivity index (χ2n) is 8.24. The van der Waals surface area contributed by atoms with Gasteiger partial charge in [-0.3, -0.25) is 9.58 Å². The minimum atomic E-state index is -0.293. The monoisotopic (exact) mass is 435 g/mol. The molecule has 4 rings (SSSR count). The smallest absolute Gasteiger partial charge is 0.126 e. The molecule has 1 saturated heterocycles. The van der Waals surface area contributed by atoms with Crippen LogP contribution in [-0.2, 0) is 18.2 Å². The Bertz CT molecular complexity index is 1050. The molecule has 0 N–H and O–H groups in total. The third kappa shape index (κ3) is 6.05. The number of aryl methyl sites for hydroxylation is 1. The van der Waals surface area contributed by atoms with E-state index in [0.29, 0.717) is 25.4 Å². The van der Waals surface area contributed by atoms with Gasteiger partial charge in [0, 0.05) is 44.9 Å². The van der Waals surface area contributed by atoms with Crippen LogP contribution in [0.1, 0.15) is 30.0 Å². The molecule has 0 amide bonds. The van der Waals surface area contributed by atoms with Gasteiger partial charge >= 0.3 is 0 Å². The van der Waals surface area contributed by atoms with Crippen LogP contribution in [0.5, 0.6) is 5.75 Å². The van der Waals surface area contributed by atoms with E-state index in [1.54, 1.807) is 12.1 Å². The van der Waals surface area contributed by atoms with Crippen molar-refractivity contribution in [2.45, 2.75) is 19.4 Å². The Morgan fingerprint density at radius 1 is 1.19 bits per heavy atom. The van der Waals surface area contributed by atoms with Crippen LogP contribution in [0, 0.1) is 5.82 Å². The molecule has 1 aliphatic heterocycles. The molecule has 0 unspecified atom stereocenters. The Morgan fingerprint density at radius 2 is 2.03 bits per heavy atom. The van der Waals surface area contributed by atoms with E-state index in [0.717, 1.165) is 31.0 Å². The summed E-state index contributed by atoms with van der Waals surface area (Å²) < 4.78 is 26.9. The highest BCUT2D eigenvalue weighted by Gasteiger charge is 2.24. The van der Waals surface area contributed by atoms with Crippen molar-refractivity contribution in [3.05, 3.63) is 89.0 Å². The van der Waals surface area contributed by atoms with Gasteiger partial charge in [-0.1, -0.05) is 48.0 Å². The molecular weight excluding hydrogens is 405 g/mol. The van der Waals surface area contributed by atoms with Gasteiger partial charge in [-0.2, -0.15) is 5.10 Å². The van der Waals surface area contributed by atoms with Gasteiger partial charge < -0.3 is 9.47 Å². The average Bonchev–Trinajstić information content (AvgIpc) is 3.15. The van der Waals surface area contributed by atoms with Crippen LogP contribution >= 0.6 is 0 Å². The first-order chi connectivity index (χ1) is 15.6. The molecule has 0 radical (unpaired) electrons. The van der Waals surface area contributed by atoms with Crippen molar-refractivity contribution >= 4 is 6.08 Å². The molecule has 1 aromatic heterocycles. The van der Waals surface area contributed by atoms with Gasteiger partial charge in [-0.15, -0.1) is 0 Å². The molecule has 32 heavy (non-hydrogen) atoms. The van der Waals surface area contributed by atoms with Gasteiger partial charge in [0.1, 0.15) is 17.7 Å². The third-order valence-electron chi connectivity index (χ3n) is 5.58. The van der Waals surface area contributed by atoms with Gasteiger partial charge in [0.25, 0.3) is 0 Å². The number of hydrogen-bond donors (Lipinski definition) is 0. The number of aromatic nitrogens is 2. The van der Waals surface area contributed by atoms with Gasteiger partial charge in [-0.25, -0.2) is 4.39 Å². The molecule has 2 aromatic carbocycles. The highest BCUT2D eigenvalue weighted by molar-refractivity contribution is 5.52. The van der Waals surface area contributed by atoms with Crippen LogP contribution in [0.3, 0.4) is 0 Å². The summed E-state index contributed by atoms with van der Waals surface area (Å²) in [5, 5.41) is 4.69. The van der Waals surface area contributed by atoms with Gasteiger partial charge in [-0.05, 0) is 30.7 Å². The van der Waals surface area contributed by atoms with Crippen LogP contribution in [0.25, 0.3) is 6.08 Å². The predicted molar refractivity (Wildman–Crippen MR) is 124 cm³/mol. The first-order valence-corrected chi connectivity index (χ1v) is 11.0. The van der Waals surface area contributed by atoms with Crippen LogP contribution in [0.2, 0.25) is 0 Å². The number of rotatable bonds is 8. The lowest BCUT2D eigenvalue weighted by Gasteiger charge is -2.32. The lowest BCUT2D eigenvalue weighted by atomic mass is 10.1. The lowest BCUT2D eigenvalue weighted by molar-refractivity contribution is -0.0291. The summed E-state index contributed by atoms with van der Waals surface area (Å²) in [5.41, 5.74) is 4.57. The van der Waals surface area contributed by atoms with Gasteiger partial charge in [0.05, 0.1) is 18.9 Å². The maximum absolute atomic E-state index is 13.3.